The summed E-state index contributed by atoms with van der Waals surface area (Å²) < 4.78 is 27.9. The molecule has 0 radical (unpaired) electrons. The number of amides is 1. The van der Waals surface area contributed by atoms with Crippen LogP contribution < -0.4 is 15.4 Å². The van der Waals surface area contributed by atoms with E-state index in [0.717, 1.165) is 5.82 Å². The summed E-state index contributed by atoms with van der Waals surface area (Å²) in [5.41, 5.74) is 1.21. The second kappa shape index (κ2) is 8.25. The number of hydrogen-bond donors (Lipinski definition) is 2. The zero-order valence-electron chi connectivity index (χ0n) is 16.1. The summed E-state index contributed by atoms with van der Waals surface area (Å²) >= 11 is 0. The van der Waals surface area contributed by atoms with Crippen LogP contribution >= 0.6 is 0 Å². The maximum atomic E-state index is 12.6. The summed E-state index contributed by atoms with van der Waals surface area (Å²) in [5.74, 6) is 1.22. The lowest BCUT2D eigenvalue weighted by molar-refractivity contribution is -0.120. The van der Waals surface area contributed by atoms with E-state index in [1.165, 1.54) is 24.3 Å². The number of carbonyl (C=O) groups is 1. The molecule has 10 heteroatoms. The van der Waals surface area contributed by atoms with Crippen molar-refractivity contribution >= 4 is 27.4 Å². The van der Waals surface area contributed by atoms with Gasteiger partial charge in [-0.2, -0.15) is 0 Å². The molecular weight excluding hydrogens is 406 g/mol. The molecule has 2 aromatic heterocycles. The summed E-state index contributed by atoms with van der Waals surface area (Å²) in [5, 5.41) is 16.4. The monoisotopic (exact) mass is 427 g/mol. The first-order valence-corrected chi connectivity index (χ1v) is 11.0. The van der Waals surface area contributed by atoms with Crippen molar-refractivity contribution in [1.82, 2.24) is 10.2 Å². The van der Waals surface area contributed by atoms with Crippen molar-refractivity contribution in [3.63, 3.8) is 0 Å². The van der Waals surface area contributed by atoms with Gasteiger partial charge in [-0.25, -0.2) is 13.6 Å². The average Bonchev–Trinajstić information content (AvgIpc) is 3.29. The van der Waals surface area contributed by atoms with Gasteiger partial charge in [-0.05, 0) is 61.4 Å². The smallest absolute Gasteiger partial charge is 0.238 e. The first-order valence-electron chi connectivity index (χ1n) is 9.46. The molecule has 3 aromatic rings. The Bertz CT molecular complexity index is 1110. The molecule has 9 nitrogen and oxygen atoms in total. The number of sulfonamides is 1. The molecule has 30 heavy (non-hydrogen) atoms. The number of hydrogen-bond acceptors (Lipinski definition) is 7. The number of carbonyl (C=O) groups excluding carboxylic acids is 1. The van der Waals surface area contributed by atoms with Crippen LogP contribution in [0.25, 0.3) is 11.5 Å². The third kappa shape index (κ3) is 4.50. The number of piperidine rings is 1. The van der Waals surface area contributed by atoms with E-state index >= 15 is 0 Å². The normalized spacial score (nSPS) is 15.2. The average molecular weight is 427 g/mol. The Kier molecular flexibility index (Phi) is 5.51. The summed E-state index contributed by atoms with van der Waals surface area (Å²) in [6.45, 7) is 1.38. The predicted octanol–water partition coefficient (Wildman–Crippen LogP) is 2.24. The molecule has 0 bridgehead atoms. The van der Waals surface area contributed by atoms with Crippen LogP contribution in [0.15, 0.2) is 64.1 Å². The van der Waals surface area contributed by atoms with Gasteiger partial charge in [-0.3, -0.25) is 4.79 Å². The van der Waals surface area contributed by atoms with Gasteiger partial charge < -0.3 is 14.6 Å². The number of nitrogens with two attached hydrogens (primary N) is 1. The van der Waals surface area contributed by atoms with E-state index in [0.29, 0.717) is 43.1 Å². The predicted molar refractivity (Wildman–Crippen MR) is 111 cm³/mol. The topological polar surface area (TPSA) is 131 Å². The Morgan fingerprint density at radius 1 is 1.07 bits per heavy atom. The minimum Gasteiger partial charge on any atom is -0.463 e. The third-order valence-corrected chi connectivity index (χ3v) is 5.99. The number of nitrogens with zero attached hydrogens (tertiary/aromatic N) is 3. The third-order valence-electron chi connectivity index (χ3n) is 5.06. The molecule has 1 saturated heterocycles. The van der Waals surface area contributed by atoms with Crippen molar-refractivity contribution in [2.24, 2.45) is 11.1 Å². The van der Waals surface area contributed by atoms with E-state index < -0.39 is 10.0 Å². The number of aromatic nitrogens is 2. The molecule has 1 aliphatic rings. The maximum absolute atomic E-state index is 12.6. The van der Waals surface area contributed by atoms with E-state index in [-0.39, 0.29) is 16.7 Å². The van der Waals surface area contributed by atoms with Crippen LogP contribution in [-0.2, 0) is 14.8 Å². The molecule has 156 valence electrons. The lowest BCUT2D eigenvalue weighted by Crippen LogP contribution is -2.38. The highest BCUT2D eigenvalue weighted by atomic mass is 32.2. The number of anilines is 2. The standard InChI is InChI=1S/C20H21N5O4S/c21-30(27,28)16-5-3-15(4-6-16)22-20(26)14-9-11-25(12-10-14)19-8-7-17(23-24-19)18-2-1-13-29-18/h1-8,13-14H,9-12H2,(H,22,26)(H2,21,27,28). The minimum absolute atomic E-state index is 0.00739. The van der Waals surface area contributed by atoms with Crippen LogP contribution in [0.1, 0.15) is 12.8 Å². The molecule has 0 unspecified atom stereocenters. The number of nitrogens with one attached hydrogen (secondary N) is 1. The van der Waals surface area contributed by atoms with Crippen LogP contribution in [0.5, 0.6) is 0 Å². The van der Waals surface area contributed by atoms with Gasteiger partial charge in [0.1, 0.15) is 5.69 Å². The van der Waals surface area contributed by atoms with Crippen molar-refractivity contribution in [2.75, 3.05) is 23.3 Å². The van der Waals surface area contributed by atoms with Crippen LogP contribution in [0.2, 0.25) is 0 Å². The van der Waals surface area contributed by atoms with Crippen molar-refractivity contribution in [3.05, 3.63) is 54.8 Å². The molecule has 1 amide bonds. The van der Waals surface area contributed by atoms with Crippen LogP contribution in [0.4, 0.5) is 11.5 Å². The van der Waals surface area contributed by atoms with Crippen LogP contribution in [0.3, 0.4) is 0 Å². The quantitative estimate of drug-likeness (QED) is 0.638. The molecule has 3 N–H and O–H groups in total. The highest BCUT2D eigenvalue weighted by Gasteiger charge is 2.26. The summed E-state index contributed by atoms with van der Waals surface area (Å²) in [7, 11) is -3.75. The molecule has 1 aliphatic heterocycles. The highest BCUT2D eigenvalue weighted by Crippen LogP contribution is 2.24. The fourth-order valence-electron chi connectivity index (χ4n) is 3.39. The zero-order valence-corrected chi connectivity index (χ0v) is 16.9. The van der Waals surface area contributed by atoms with E-state index in [9.17, 15) is 13.2 Å². The Morgan fingerprint density at radius 2 is 1.80 bits per heavy atom. The van der Waals surface area contributed by atoms with Crippen molar-refractivity contribution < 1.29 is 17.6 Å². The fraction of sp³-hybridized carbons (Fsp3) is 0.250. The molecule has 1 fully saturated rings. The summed E-state index contributed by atoms with van der Waals surface area (Å²) in [6.07, 6.45) is 2.96. The van der Waals surface area contributed by atoms with Gasteiger partial charge in [0.15, 0.2) is 11.6 Å². The van der Waals surface area contributed by atoms with Gasteiger partial charge in [0, 0.05) is 24.7 Å². The second-order valence-corrected chi connectivity index (χ2v) is 8.64. The van der Waals surface area contributed by atoms with Crippen LogP contribution in [-0.4, -0.2) is 37.6 Å². The number of rotatable bonds is 5. The van der Waals surface area contributed by atoms with Gasteiger partial charge in [-0.1, -0.05) is 0 Å². The van der Waals surface area contributed by atoms with E-state index in [2.05, 4.69) is 20.4 Å². The van der Waals surface area contributed by atoms with Gasteiger partial charge in [-0.15, -0.1) is 10.2 Å². The van der Waals surface area contributed by atoms with Gasteiger partial charge in [0.25, 0.3) is 0 Å². The van der Waals surface area contributed by atoms with Crippen molar-refractivity contribution in [2.45, 2.75) is 17.7 Å². The molecule has 0 spiro atoms. The van der Waals surface area contributed by atoms with Gasteiger partial charge in [0.2, 0.25) is 15.9 Å². The second-order valence-electron chi connectivity index (χ2n) is 7.07. The van der Waals surface area contributed by atoms with Gasteiger partial charge in [0.05, 0.1) is 11.2 Å². The van der Waals surface area contributed by atoms with E-state index in [1.807, 2.05) is 18.2 Å². The SMILES string of the molecule is NS(=O)(=O)c1ccc(NC(=O)C2CCN(c3ccc(-c4ccco4)nn3)CC2)cc1. The van der Waals surface area contributed by atoms with Gasteiger partial charge >= 0.3 is 0 Å². The number of furan rings is 1. The lowest BCUT2D eigenvalue weighted by Gasteiger charge is -2.31. The Morgan fingerprint density at radius 3 is 2.37 bits per heavy atom. The highest BCUT2D eigenvalue weighted by molar-refractivity contribution is 7.89. The molecule has 3 heterocycles. The molecule has 0 atom stereocenters. The molecular formula is C20H21N5O4S. The largest absolute Gasteiger partial charge is 0.463 e. The molecule has 4 rings (SSSR count). The number of benzene rings is 1. The minimum atomic E-state index is -3.75. The first-order chi connectivity index (χ1) is 14.4. The molecule has 0 aliphatic carbocycles. The number of primary sulfonamides is 1. The molecule has 0 saturated carbocycles. The Balaban J connectivity index is 1.32. The Labute approximate surface area is 174 Å². The summed E-state index contributed by atoms with van der Waals surface area (Å²) in [6, 6.07) is 13.2. The fourth-order valence-corrected chi connectivity index (χ4v) is 3.91. The Hall–Kier alpha value is -3.24. The molecule has 1 aromatic carbocycles. The first kappa shape index (κ1) is 20.0. The maximum Gasteiger partial charge on any atom is 0.238 e. The van der Waals surface area contributed by atoms with Crippen LogP contribution in [0, 0.1) is 5.92 Å². The van der Waals surface area contributed by atoms with Crippen molar-refractivity contribution in [1.29, 1.82) is 0 Å². The zero-order chi connectivity index (χ0) is 21.1. The summed E-state index contributed by atoms with van der Waals surface area (Å²) in [4.78, 5) is 14.7. The lowest BCUT2D eigenvalue weighted by atomic mass is 9.96. The van der Waals surface area contributed by atoms with E-state index in [4.69, 9.17) is 9.56 Å². The van der Waals surface area contributed by atoms with Crippen molar-refractivity contribution in [3.8, 4) is 11.5 Å². The van der Waals surface area contributed by atoms with E-state index in [1.54, 1.807) is 12.3 Å².